The number of nitrogens with zero attached hydrogens (tertiary/aromatic N) is 2. The van der Waals surface area contributed by atoms with Crippen LogP contribution in [0.4, 0.5) is 16.2 Å². The quantitative estimate of drug-likeness (QED) is 0.257. The van der Waals surface area contributed by atoms with Crippen LogP contribution in [0.3, 0.4) is 0 Å². The summed E-state index contributed by atoms with van der Waals surface area (Å²) < 4.78 is 5.49. The number of fused-ring (bicyclic) bond motifs is 1. The summed E-state index contributed by atoms with van der Waals surface area (Å²) in [6, 6.07) is 26.4. The number of amides is 4. The van der Waals surface area contributed by atoms with Crippen LogP contribution in [0, 0.1) is 6.92 Å². The second kappa shape index (κ2) is 9.50. The second-order valence-electron chi connectivity index (χ2n) is 8.46. The Morgan fingerprint density at radius 3 is 2.22 bits per heavy atom. The summed E-state index contributed by atoms with van der Waals surface area (Å²) in [5, 5.41) is 1.62. The first-order chi connectivity index (χ1) is 17.5. The molecule has 6 nitrogen and oxygen atoms in total. The average Bonchev–Trinajstić information content (AvgIpc) is 2.88. The van der Waals surface area contributed by atoms with Gasteiger partial charge in [-0.15, -0.1) is 0 Å². The summed E-state index contributed by atoms with van der Waals surface area (Å²) in [4.78, 5) is 43.3. The zero-order valence-corrected chi connectivity index (χ0v) is 20.0. The van der Waals surface area contributed by atoms with E-state index in [0.29, 0.717) is 29.3 Å². The first-order valence-electron chi connectivity index (χ1n) is 11.7. The number of rotatable bonds is 5. The molecule has 1 aliphatic heterocycles. The lowest BCUT2D eigenvalue weighted by Crippen LogP contribution is -2.57. The van der Waals surface area contributed by atoms with Gasteiger partial charge in [0.05, 0.1) is 18.0 Å². The highest BCUT2D eigenvalue weighted by Gasteiger charge is 2.44. The molecule has 0 saturated carbocycles. The Labute approximate surface area is 209 Å². The number of hydrogen-bond acceptors (Lipinski definition) is 4. The molecule has 1 aliphatic rings. The number of imide groups is 2. The highest BCUT2D eigenvalue weighted by Crippen LogP contribution is 2.34. The van der Waals surface area contributed by atoms with Crippen LogP contribution in [0.2, 0.25) is 0 Å². The predicted molar refractivity (Wildman–Crippen MR) is 141 cm³/mol. The topological polar surface area (TPSA) is 66.9 Å². The van der Waals surface area contributed by atoms with Crippen LogP contribution in [-0.4, -0.2) is 24.5 Å². The number of hydrogen-bond donors (Lipinski definition) is 0. The summed E-state index contributed by atoms with van der Waals surface area (Å²) in [5.41, 5.74) is 2.25. The van der Waals surface area contributed by atoms with E-state index < -0.39 is 17.8 Å². The van der Waals surface area contributed by atoms with E-state index in [1.54, 1.807) is 54.6 Å². The van der Waals surface area contributed by atoms with Crippen molar-refractivity contribution in [1.82, 2.24) is 0 Å². The minimum atomic E-state index is -0.712. The zero-order chi connectivity index (χ0) is 25.2. The van der Waals surface area contributed by atoms with Crippen molar-refractivity contribution in [3.8, 4) is 5.75 Å². The lowest BCUT2D eigenvalue weighted by Gasteiger charge is -2.34. The molecule has 1 saturated heterocycles. The molecule has 5 rings (SSSR count). The Bertz CT molecular complexity index is 1520. The fraction of sp³-hybridized carbons (Fsp3) is 0.100. The van der Waals surface area contributed by atoms with Gasteiger partial charge in [-0.2, -0.15) is 0 Å². The molecule has 0 bridgehead atoms. The molecule has 0 aliphatic carbocycles. The molecule has 0 unspecified atom stereocenters. The number of barbiturate groups is 1. The molecular weight excluding hydrogens is 452 g/mol. The van der Waals surface area contributed by atoms with Gasteiger partial charge in [0.15, 0.2) is 0 Å². The molecule has 4 amide bonds. The second-order valence-corrected chi connectivity index (χ2v) is 8.46. The van der Waals surface area contributed by atoms with Gasteiger partial charge in [0, 0.05) is 5.39 Å². The van der Waals surface area contributed by atoms with E-state index in [9.17, 15) is 14.4 Å². The standard InChI is InChI=1S/C30H24N2O4/c1-3-36-24-16-14-21(15-17-24)19-26-28(33)31(23-11-6-8-20(2)18-23)30(35)32(29(26)34)27-13-7-10-22-9-4-5-12-25(22)27/h4-19H,3H2,1-2H3/b26-19+. The van der Waals surface area contributed by atoms with E-state index in [2.05, 4.69) is 0 Å². The number of ether oxygens (including phenoxy) is 1. The van der Waals surface area contributed by atoms with Crippen LogP contribution < -0.4 is 14.5 Å². The fourth-order valence-electron chi connectivity index (χ4n) is 4.33. The minimum absolute atomic E-state index is 0.104. The van der Waals surface area contributed by atoms with Crippen LogP contribution in [-0.2, 0) is 9.59 Å². The molecule has 1 heterocycles. The minimum Gasteiger partial charge on any atom is -0.494 e. The number of carbonyl (C=O) groups is 3. The summed E-state index contributed by atoms with van der Waals surface area (Å²) in [6.07, 6.45) is 1.52. The number of anilines is 2. The van der Waals surface area contributed by atoms with E-state index in [4.69, 9.17) is 4.74 Å². The Kier molecular flexibility index (Phi) is 6.09. The van der Waals surface area contributed by atoms with Crippen molar-refractivity contribution in [3.63, 3.8) is 0 Å². The number of aryl methyl sites for hydroxylation is 1. The molecule has 0 spiro atoms. The van der Waals surface area contributed by atoms with Gasteiger partial charge in [0.1, 0.15) is 11.3 Å². The van der Waals surface area contributed by atoms with Gasteiger partial charge < -0.3 is 4.74 Å². The van der Waals surface area contributed by atoms with Crippen LogP contribution >= 0.6 is 0 Å². The third-order valence-corrected chi connectivity index (χ3v) is 6.02. The smallest absolute Gasteiger partial charge is 0.343 e. The molecule has 4 aromatic carbocycles. The first-order valence-corrected chi connectivity index (χ1v) is 11.7. The average molecular weight is 477 g/mol. The molecule has 0 N–H and O–H groups in total. The van der Waals surface area contributed by atoms with Gasteiger partial charge >= 0.3 is 6.03 Å². The third-order valence-electron chi connectivity index (χ3n) is 6.02. The third kappa shape index (κ3) is 4.14. The summed E-state index contributed by atoms with van der Waals surface area (Å²) >= 11 is 0. The molecule has 4 aromatic rings. The van der Waals surface area contributed by atoms with Crippen LogP contribution in [0.5, 0.6) is 5.75 Å². The van der Waals surface area contributed by atoms with Crippen molar-refractivity contribution in [2.24, 2.45) is 0 Å². The van der Waals surface area contributed by atoms with E-state index in [0.717, 1.165) is 26.1 Å². The predicted octanol–water partition coefficient (Wildman–Crippen LogP) is 6.13. The first kappa shape index (κ1) is 23.1. The zero-order valence-electron chi connectivity index (χ0n) is 20.0. The lowest BCUT2D eigenvalue weighted by molar-refractivity contribution is -0.121. The van der Waals surface area contributed by atoms with Gasteiger partial charge in [0.2, 0.25) is 0 Å². The maximum absolute atomic E-state index is 13.8. The maximum Gasteiger partial charge on any atom is 0.343 e. The largest absolute Gasteiger partial charge is 0.494 e. The number of urea groups is 1. The van der Waals surface area contributed by atoms with Crippen molar-refractivity contribution in [3.05, 3.63) is 108 Å². The van der Waals surface area contributed by atoms with Crippen molar-refractivity contribution in [1.29, 1.82) is 0 Å². The summed E-state index contributed by atoms with van der Waals surface area (Å²) in [7, 11) is 0. The van der Waals surface area contributed by atoms with E-state index in [1.165, 1.54) is 6.08 Å². The number of benzene rings is 4. The van der Waals surface area contributed by atoms with Gasteiger partial charge in [-0.05, 0) is 66.8 Å². The van der Waals surface area contributed by atoms with Crippen LogP contribution in [0.15, 0.2) is 96.6 Å². The Balaban J connectivity index is 1.67. The Morgan fingerprint density at radius 1 is 0.778 bits per heavy atom. The Morgan fingerprint density at radius 2 is 1.47 bits per heavy atom. The summed E-state index contributed by atoms with van der Waals surface area (Å²) in [6.45, 7) is 4.31. The van der Waals surface area contributed by atoms with Gasteiger partial charge in [-0.3, -0.25) is 9.59 Å². The normalized spacial score (nSPS) is 15.2. The van der Waals surface area contributed by atoms with Gasteiger partial charge in [0.25, 0.3) is 11.8 Å². The fourth-order valence-corrected chi connectivity index (χ4v) is 4.33. The molecule has 178 valence electrons. The molecule has 6 heteroatoms. The molecule has 0 aromatic heterocycles. The van der Waals surface area contributed by atoms with E-state index in [-0.39, 0.29) is 5.57 Å². The van der Waals surface area contributed by atoms with Crippen molar-refractivity contribution in [2.45, 2.75) is 13.8 Å². The highest BCUT2D eigenvalue weighted by molar-refractivity contribution is 6.46. The Hall–Kier alpha value is -4.71. The maximum atomic E-state index is 13.8. The van der Waals surface area contributed by atoms with Gasteiger partial charge in [-0.25, -0.2) is 14.6 Å². The SMILES string of the molecule is CCOc1ccc(/C=C2\C(=O)N(c3cccc(C)c3)C(=O)N(c3cccc4ccccc34)C2=O)cc1. The molecule has 0 atom stereocenters. The van der Waals surface area contributed by atoms with Gasteiger partial charge in [-0.1, -0.05) is 60.7 Å². The van der Waals surface area contributed by atoms with Crippen molar-refractivity contribution >= 4 is 46.1 Å². The molecular formula is C30H24N2O4. The molecule has 0 radical (unpaired) electrons. The monoisotopic (exact) mass is 476 g/mol. The van der Waals surface area contributed by atoms with Crippen LogP contribution in [0.25, 0.3) is 16.8 Å². The molecule has 36 heavy (non-hydrogen) atoms. The van der Waals surface area contributed by atoms with Crippen molar-refractivity contribution < 1.29 is 19.1 Å². The van der Waals surface area contributed by atoms with Crippen LogP contribution in [0.1, 0.15) is 18.1 Å². The van der Waals surface area contributed by atoms with Crippen molar-refractivity contribution in [2.75, 3.05) is 16.4 Å². The highest BCUT2D eigenvalue weighted by atomic mass is 16.5. The lowest BCUT2D eigenvalue weighted by atomic mass is 10.0. The van der Waals surface area contributed by atoms with E-state index >= 15 is 0 Å². The van der Waals surface area contributed by atoms with E-state index in [1.807, 2.05) is 50.2 Å². The molecule has 1 fully saturated rings. The summed E-state index contributed by atoms with van der Waals surface area (Å²) in [5.74, 6) is -0.644. The number of carbonyl (C=O) groups excluding carboxylic acids is 3.